The Labute approximate surface area is 128 Å². The second kappa shape index (κ2) is 6.07. The molecule has 1 N–H and O–H groups in total. The predicted octanol–water partition coefficient (Wildman–Crippen LogP) is 3.84. The van der Waals surface area contributed by atoms with Gasteiger partial charge >= 0.3 is 0 Å². The molecule has 1 aromatic heterocycles. The summed E-state index contributed by atoms with van der Waals surface area (Å²) in [5.74, 6) is 1.93. The fraction of sp³-hybridized carbons (Fsp3) is 0.812. The van der Waals surface area contributed by atoms with E-state index in [4.69, 9.17) is 11.6 Å². The maximum Gasteiger partial charge on any atom is 0.0820 e. The first-order valence-corrected chi connectivity index (χ1v) is 8.04. The van der Waals surface area contributed by atoms with Crippen molar-refractivity contribution in [2.45, 2.75) is 46.0 Å². The van der Waals surface area contributed by atoms with Crippen LogP contribution in [0.15, 0.2) is 6.20 Å². The summed E-state index contributed by atoms with van der Waals surface area (Å²) in [6, 6.07) is 0. The van der Waals surface area contributed by atoms with Gasteiger partial charge in [-0.3, -0.25) is 4.68 Å². The van der Waals surface area contributed by atoms with Gasteiger partial charge in [0.2, 0.25) is 0 Å². The van der Waals surface area contributed by atoms with Gasteiger partial charge < -0.3 is 5.32 Å². The monoisotopic (exact) mass is 297 g/mol. The molecule has 0 aromatic carbocycles. The molecule has 0 amide bonds. The Morgan fingerprint density at radius 1 is 1.40 bits per heavy atom. The van der Waals surface area contributed by atoms with Gasteiger partial charge in [0, 0.05) is 13.0 Å². The van der Waals surface area contributed by atoms with Gasteiger partial charge in [0.15, 0.2) is 0 Å². The van der Waals surface area contributed by atoms with E-state index < -0.39 is 0 Å². The molecular weight excluding hydrogens is 270 g/mol. The highest BCUT2D eigenvalue weighted by molar-refractivity contribution is 6.31. The van der Waals surface area contributed by atoms with E-state index >= 15 is 0 Å². The average Bonchev–Trinajstić information content (AvgIpc) is 2.69. The van der Waals surface area contributed by atoms with Crippen molar-refractivity contribution in [3.8, 4) is 0 Å². The first kappa shape index (κ1) is 15.8. The number of aromatic nitrogens is 2. The minimum atomic E-state index is 0.369. The Morgan fingerprint density at radius 3 is 2.60 bits per heavy atom. The molecular formula is C16H28ClN3. The maximum absolute atomic E-state index is 6.40. The lowest BCUT2D eigenvalue weighted by molar-refractivity contribution is 0.127. The summed E-state index contributed by atoms with van der Waals surface area (Å²) in [7, 11) is 4.05. The lowest BCUT2D eigenvalue weighted by Crippen LogP contribution is -2.35. The number of halogens is 1. The van der Waals surface area contributed by atoms with E-state index in [0.717, 1.165) is 17.5 Å². The van der Waals surface area contributed by atoms with Gasteiger partial charge in [-0.15, -0.1) is 0 Å². The van der Waals surface area contributed by atoms with Crippen LogP contribution in [0.2, 0.25) is 5.02 Å². The Kier molecular flexibility index (Phi) is 4.80. The van der Waals surface area contributed by atoms with Crippen LogP contribution < -0.4 is 5.32 Å². The molecule has 0 bridgehead atoms. The fourth-order valence-corrected chi connectivity index (χ4v) is 4.00. The Morgan fingerprint density at radius 2 is 2.10 bits per heavy atom. The Bertz CT molecular complexity index is 428. The van der Waals surface area contributed by atoms with E-state index in [1.807, 2.05) is 18.8 Å². The minimum absolute atomic E-state index is 0.369. The molecule has 1 aromatic rings. The number of nitrogens with one attached hydrogen (secondary N) is 1. The van der Waals surface area contributed by atoms with Crippen LogP contribution in [-0.4, -0.2) is 23.4 Å². The number of nitrogens with zero attached hydrogens (tertiary/aromatic N) is 2. The quantitative estimate of drug-likeness (QED) is 0.918. The van der Waals surface area contributed by atoms with E-state index in [1.54, 1.807) is 6.20 Å². The fourth-order valence-electron chi connectivity index (χ4n) is 3.70. The lowest BCUT2D eigenvalue weighted by Gasteiger charge is -2.42. The first-order valence-electron chi connectivity index (χ1n) is 7.66. The van der Waals surface area contributed by atoms with Crippen molar-refractivity contribution in [2.24, 2.45) is 24.3 Å². The molecule has 2 rings (SSSR count). The molecule has 0 spiro atoms. The summed E-state index contributed by atoms with van der Waals surface area (Å²) in [6.07, 6.45) is 5.60. The molecule has 4 heteroatoms. The van der Waals surface area contributed by atoms with E-state index in [0.29, 0.717) is 17.3 Å². The number of hydrogen-bond acceptors (Lipinski definition) is 2. The Hall–Kier alpha value is -0.540. The van der Waals surface area contributed by atoms with Gasteiger partial charge in [-0.1, -0.05) is 32.4 Å². The van der Waals surface area contributed by atoms with Crippen molar-refractivity contribution >= 4 is 11.6 Å². The molecule has 0 saturated heterocycles. The van der Waals surface area contributed by atoms with Gasteiger partial charge in [0.25, 0.3) is 0 Å². The standard InChI is InChI=1S/C16H28ClN3/c1-16(2,3)12-7-6-11(9-18-4)13(8-12)15-14(17)10-19-20(15)5/h10-13,18H,6-9H2,1-5H3. The minimum Gasteiger partial charge on any atom is -0.319 e. The summed E-state index contributed by atoms with van der Waals surface area (Å²) in [5, 5.41) is 8.51. The van der Waals surface area contributed by atoms with E-state index in [9.17, 15) is 0 Å². The molecule has 0 aliphatic heterocycles. The van der Waals surface area contributed by atoms with Crippen LogP contribution in [0.1, 0.15) is 51.6 Å². The highest BCUT2D eigenvalue weighted by Gasteiger charge is 2.38. The first-order chi connectivity index (χ1) is 9.34. The number of hydrogen-bond donors (Lipinski definition) is 1. The van der Waals surface area contributed by atoms with Crippen LogP contribution in [0, 0.1) is 17.3 Å². The zero-order valence-corrected chi connectivity index (χ0v) is 14.2. The molecule has 20 heavy (non-hydrogen) atoms. The maximum atomic E-state index is 6.40. The van der Waals surface area contributed by atoms with Crippen molar-refractivity contribution in [3.05, 3.63) is 16.9 Å². The molecule has 114 valence electrons. The van der Waals surface area contributed by atoms with Crippen LogP contribution in [0.5, 0.6) is 0 Å². The largest absolute Gasteiger partial charge is 0.319 e. The van der Waals surface area contributed by atoms with Crippen molar-refractivity contribution in [1.82, 2.24) is 15.1 Å². The van der Waals surface area contributed by atoms with Gasteiger partial charge in [-0.2, -0.15) is 5.10 Å². The second-order valence-electron chi connectivity index (χ2n) is 7.30. The highest BCUT2D eigenvalue weighted by atomic mass is 35.5. The van der Waals surface area contributed by atoms with E-state index in [-0.39, 0.29) is 0 Å². The third kappa shape index (κ3) is 3.20. The van der Waals surface area contributed by atoms with Crippen LogP contribution in [0.4, 0.5) is 0 Å². The van der Waals surface area contributed by atoms with Crippen molar-refractivity contribution in [1.29, 1.82) is 0 Å². The van der Waals surface area contributed by atoms with E-state index in [2.05, 4.69) is 31.2 Å². The zero-order chi connectivity index (χ0) is 14.9. The molecule has 1 aliphatic carbocycles. The van der Waals surface area contributed by atoms with Crippen molar-refractivity contribution in [3.63, 3.8) is 0 Å². The normalized spacial score (nSPS) is 27.8. The molecule has 3 unspecified atom stereocenters. The predicted molar refractivity (Wildman–Crippen MR) is 85.2 cm³/mol. The topological polar surface area (TPSA) is 29.9 Å². The third-order valence-corrected chi connectivity index (χ3v) is 5.26. The summed E-state index contributed by atoms with van der Waals surface area (Å²) < 4.78 is 1.97. The molecule has 1 heterocycles. The van der Waals surface area contributed by atoms with Gasteiger partial charge in [-0.25, -0.2) is 0 Å². The second-order valence-corrected chi connectivity index (χ2v) is 7.71. The van der Waals surface area contributed by atoms with Gasteiger partial charge in [0.05, 0.1) is 16.9 Å². The summed E-state index contributed by atoms with van der Waals surface area (Å²) >= 11 is 6.40. The zero-order valence-electron chi connectivity index (χ0n) is 13.4. The average molecular weight is 298 g/mol. The summed E-state index contributed by atoms with van der Waals surface area (Å²) in [6.45, 7) is 8.14. The molecule has 1 fully saturated rings. The van der Waals surface area contributed by atoms with Crippen LogP contribution in [-0.2, 0) is 7.05 Å². The lowest BCUT2D eigenvalue weighted by atomic mass is 9.64. The summed E-state index contributed by atoms with van der Waals surface area (Å²) in [5.41, 5.74) is 1.59. The van der Waals surface area contributed by atoms with Crippen LogP contribution >= 0.6 is 11.6 Å². The number of rotatable bonds is 3. The highest BCUT2D eigenvalue weighted by Crippen LogP contribution is 2.47. The molecule has 1 saturated carbocycles. The third-order valence-electron chi connectivity index (χ3n) is 4.97. The Balaban J connectivity index is 2.28. The molecule has 0 radical (unpaired) electrons. The summed E-state index contributed by atoms with van der Waals surface area (Å²) in [4.78, 5) is 0. The van der Waals surface area contributed by atoms with Gasteiger partial charge in [0.1, 0.15) is 0 Å². The molecule has 3 atom stereocenters. The van der Waals surface area contributed by atoms with Crippen molar-refractivity contribution in [2.75, 3.05) is 13.6 Å². The SMILES string of the molecule is CNCC1CCC(C(C)(C)C)CC1c1c(Cl)cnn1C. The van der Waals surface area contributed by atoms with Crippen LogP contribution in [0.3, 0.4) is 0 Å². The van der Waals surface area contributed by atoms with Crippen molar-refractivity contribution < 1.29 is 0 Å². The molecule has 1 aliphatic rings. The van der Waals surface area contributed by atoms with E-state index in [1.165, 1.54) is 25.0 Å². The van der Waals surface area contributed by atoms with Crippen LogP contribution in [0.25, 0.3) is 0 Å². The van der Waals surface area contributed by atoms with Gasteiger partial charge in [-0.05, 0) is 50.1 Å². The number of aryl methyl sites for hydroxylation is 1. The molecule has 3 nitrogen and oxygen atoms in total. The smallest absolute Gasteiger partial charge is 0.0820 e.